The van der Waals surface area contributed by atoms with Crippen LogP contribution in [-0.4, -0.2) is 27.8 Å². The molecule has 0 amide bonds. The van der Waals surface area contributed by atoms with Crippen molar-refractivity contribution >= 4 is 11.7 Å². The van der Waals surface area contributed by atoms with Crippen molar-refractivity contribution in [2.75, 3.05) is 7.11 Å². The fourth-order valence-corrected chi connectivity index (χ4v) is 2.67. The number of nitro benzene ring substituents is 1. The Balaban J connectivity index is 2.01. The second-order valence-corrected chi connectivity index (χ2v) is 5.77. The molecule has 0 saturated heterocycles. The van der Waals surface area contributed by atoms with E-state index in [2.05, 4.69) is 12.0 Å². The molecule has 3 rings (SSSR count). The van der Waals surface area contributed by atoms with E-state index in [1.54, 1.807) is 12.3 Å². The number of carbonyl (C=O) groups excluding carboxylic acids is 1. The van der Waals surface area contributed by atoms with E-state index in [0.29, 0.717) is 17.5 Å². The molecule has 0 bridgehead atoms. The third-order valence-corrected chi connectivity index (χ3v) is 4.25. The van der Waals surface area contributed by atoms with E-state index in [1.165, 1.54) is 32.1 Å². The Bertz CT molecular complexity index is 764. The topological polar surface area (TPSA) is 87.3 Å². The number of non-ortho nitro benzene ring substituents is 1. The fraction of sp³-hybridized carbons (Fsp3) is 0.375. The number of hydrogen-bond acceptors (Lipinski definition) is 5. The highest BCUT2D eigenvalue weighted by molar-refractivity contribution is 5.97. The van der Waals surface area contributed by atoms with Gasteiger partial charge in [0.15, 0.2) is 0 Å². The monoisotopic (exact) mass is 315 g/mol. The third kappa shape index (κ3) is 2.94. The van der Waals surface area contributed by atoms with Gasteiger partial charge in [0.1, 0.15) is 0 Å². The highest BCUT2D eigenvalue weighted by Crippen LogP contribution is 2.39. The van der Waals surface area contributed by atoms with Gasteiger partial charge in [-0.05, 0) is 37.3 Å². The largest absolute Gasteiger partial charge is 0.465 e. The van der Waals surface area contributed by atoms with Crippen molar-refractivity contribution in [1.82, 2.24) is 9.78 Å². The number of carbonyl (C=O) groups is 1. The molecule has 0 spiro atoms. The molecule has 1 aromatic heterocycles. The Morgan fingerprint density at radius 1 is 1.48 bits per heavy atom. The summed E-state index contributed by atoms with van der Waals surface area (Å²) in [7, 11) is 1.25. The second kappa shape index (κ2) is 5.83. The first kappa shape index (κ1) is 15.2. The fourth-order valence-electron chi connectivity index (χ4n) is 2.67. The average molecular weight is 315 g/mol. The van der Waals surface area contributed by atoms with E-state index in [-0.39, 0.29) is 11.3 Å². The van der Waals surface area contributed by atoms with Crippen LogP contribution in [0.2, 0.25) is 0 Å². The van der Waals surface area contributed by atoms with E-state index >= 15 is 0 Å². The number of hydrogen-bond donors (Lipinski definition) is 0. The normalized spacial score (nSPS) is 15.2. The summed E-state index contributed by atoms with van der Waals surface area (Å²) in [5.74, 6) is 0.0476. The first-order valence-corrected chi connectivity index (χ1v) is 7.42. The van der Waals surface area contributed by atoms with E-state index < -0.39 is 10.9 Å². The van der Waals surface area contributed by atoms with Crippen molar-refractivity contribution in [3.8, 4) is 11.1 Å². The lowest BCUT2D eigenvalue weighted by molar-refractivity contribution is -0.384. The molecule has 7 heteroatoms. The molecular weight excluding hydrogens is 298 g/mol. The maximum Gasteiger partial charge on any atom is 0.338 e. The molecule has 1 aliphatic carbocycles. The standard InChI is InChI=1S/C16H17N3O4/c1-10(11-3-4-11)18-9-12(8-17-18)14-6-5-13(19(21)22)7-15(14)16(20)23-2/h5-11H,3-4H2,1-2H3. The first-order chi connectivity index (χ1) is 11.0. The van der Waals surface area contributed by atoms with E-state index in [4.69, 9.17) is 4.74 Å². The average Bonchev–Trinajstić information content (AvgIpc) is 3.29. The van der Waals surface area contributed by atoms with Crippen LogP contribution in [0.15, 0.2) is 30.6 Å². The molecule has 1 fully saturated rings. The summed E-state index contributed by atoms with van der Waals surface area (Å²) >= 11 is 0. The van der Waals surface area contributed by atoms with Gasteiger partial charge in [-0.3, -0.25) is 14.8 Å². The summed E-state index contributed by atoms with van der Waals surface area (Å²) in [6.45, 7) is 2.12. The van der Waals surface area contributed by atoms with Gasteiger partial charge < -0.3 is 4.74 Å². The van der Waals surface area contributed by atoms with Crippen LogP contribution in [-0.2, 0) is 4.74 Å². The van der Waals surface area contributed by atoms with E-state index in [0.717, 1.165) is 5.56 Å². The van der Waals surface area contributed by atoms with Crippen molar-refractivity contribution in [3.05, 3.63) is 46.3 Å². The van der Waals surface area contributed by atoms with Crippen LogP contribution in [0.3, 0.4) is 0 Å². The number of rotatable bonds is 5. The van der Waals surface area contributed by atoms with Gasteiger partial charge in [-0.1, -0.05) is 0 Å². The minimum atomic E-state index is -0.605. The molecule has 7 nitrogen and oxygen atoms in total. The van der Waals surface area contributed by atoms with Gasteiger partial charge in [0.05, 0.1) is 29.8 Å². The highest BCUT2D eigenvalue weighted by Gasteiger charge is 2.30. The summed E-state index contributed by atoms with van der Waals surface area (Å²) in [6.07, 6.45) is 5.96. The molecule has 2 aromatic rings. The van der Waals surface area contributed by atoms with Crippen LogP contribution in [0.4, 0.5) is 5.69 Å². The minimum absolute atomic E-state index is 0.145. The summed E-state index contributed by atoms with van der Waals surface area (Å²) < 4.78 is 6.63. The number of benzene rings is 1. The predicted octanol–water partition coefficient (Wildman–Crippen LogP) is 3.22. The molecule has 1 atom stereocenters. The van der Waals surface area contributed by atoms with Gasteiger partial charge >= 0.3 is 5.97 Å². The third-order valence-electron chi connectivity index (χ3n) is 4.25. The molecule has 1 saturated carbocycles. The van der Waals surface area contributed by atoms with Crippen LogP contribution >= 0.6 is 0 Å². The number of nitro groups is 1. The lowest BCUT2D eigenvalue weighted by atomic mass is 10.0. The van der Waals surface area contributed by atoms with Gasteiger partial charge in [0.2, 0.25) is 0 Å². The molecular formula is C16H17N3O4. The first-order valence-electron chi connectivity index (χ1n) is 7.42. The number of aromatic nitrogens is 2. The lowest BCUT2D eigenvalue weighted by Gasteiger charge is -2.10. The van der Waals surface area contributed by atoms with Crippen molar-refractivity contribution in [1.29, 1.82) is 0 Å². The number of esters is 1. The molecule has 0 aliphatic heterocycles. The molecule has 1 aliphatic rings. The Morgan fingerprint density at radius 3 is 2.83 bits per heavy atom. The maximum atomic E-state index is 12.0. The quantitative estimate of drug-likeness (QED) is 0.480. The minimum Gasteiger partial charge on any atom is -0.465 e. The summed E-state index contributed by atoms with van der Waals surface area (Å²) in [5.41, 5.74) is 1.35. The lowest BCUT2D eigenvalue weighted by Crippen LogP contribution is -2.07. The maximum absolute atomic E-state index is 12.0. The van der Waals surface area contributed by atoms with Crippen molar-refractivity contribution < 1.29 is 14.5 Å². The molecule has 120 valence electrons. The molecule has 0 N–H and O–H groups in total. The molecule has 0 radical (unpaired) electrons. The van der Waals surface area contributed by atoms with Crippen molar-refractivity contribution in [2.45, 2.75) is 25.8 Å². The van der Waals surface area contributed by atoms with E-state index in [9.17, 15) is 14.9 Å². The summed E-state index contributed by atoms with van der Waals surface area (Å²) in [6, 6.07) is 4.49. The van der Waals surface area contributed by atoms with Crippen LogP contribution in [0.1, 0.15) is 36.2 Å². The Morgan fingerprint density at radius 2 is 2.22 bits per heavy atom. The zero-order valence-corrected chi connectivity index (χ0v) is 12.9. The second-order valence-electron chi connectivity index (χ2n) is 5.77. The van der Waals surface area contributed by atoms with Gasteiger partial charge in [-0.2, -0.15) is 5.10 Å². The Kier molecular flexibility index (Phi) is 3.85. The van der Waals surface area contributed by atoms with Crippen LogP contribution in [0, 0.1) is 16.0 Å². The molecule has 23 heavy (non-hydrogen) atoms. The zero-order chi connectivity index (χ0) is 16.6. The molecule has 1 unspecified atom stereocenters. The zero-order valence-electron chi connectivity index (χ0n) is 12.9. The van der Waals surface area contributed by atoms with Crippen LogP contribution in [0.5, 0.6) is 0 Å². The van der Waals surface area contributed by atoms with Crippen LogP contribution < -0.4 is 0 Å². The highest BCUT2D eigenvalue weighted by atomic mass is 16.6. The predicted molar refractivity (Wildman–Crippen MR) is 83.1 cm³/mol. The summed E-state index contributed by atoms with van der Waals surface area (Å²) in [5, 5.41) is 15.3. The molecule has 1 heterocycles. The Labute approximate surface area is 133 Å². The Hall–Kier alpha value is -2.70. The van der Waals surface area contributed by atoms with Gasteiger partial charge in [0, 0.05) is 23.9 Å². The summed E-state index contributed by atoms with van der Waals surface area (Å²) in [4.78, 5) is 22.4. The number of ether oxygens (including phenoxy) is 1. The smallest absolute Gasteiger partial charge is 0.338 e. The van der Waals surface area contributed by atoms with Gasteiger partial charge in [-0.15, -0.1) is 0 Å². The van der Waals surface area contributed by atoms with Crippen molar-refractivity contribution in [3.63, 3.8) is 0 Å². The van der Waals surface area contributed by atoms with Gasteiger partial charge in [0.25, 0.3) is 5.69 Å². The van der Waals surface area contributed by atoms with Gasteiger partial charge in [-0.25, -0.2) is 4.79 Å². The molecule has 1 aromatic carbocycles. The van der Waals surface area contributed by atoms with Crippen molar-refractivity contribution in [2.24, 2.45) is 5.92 Å². The number of nitrogens with zero attached hydrogens (tertiary/aromatic N) is 3. The SMILES string of the molecule is COC(=O)c1cc([N+](=O)[O-])ccc1-c1cnn(C(C)C2CC2)c1. The number of methoxy groups -OCH3 is 1. The van der Waals surface area contributed by atoms with E-state index in [1.807, 2.05) is 10.9 Å². The van der Waals surface area contributed by atoms with Crippen LogP contribution in [0.25, 0.3) is 11.1 Å².